The number of ether oxygens (including phenoxy) is 1. The molecule has 0 aliphatic carbocycles. The molecular weight excluding hydrogens is 268 g/mol. The lowest BCUT2D eigenvalue weighted by atomic mass is 10.2. The van der Waals surface area contributed by atoms with Gasteiger partial charge in [0, 0.05) is 11.3 Å². The number of hydrogen-bond acceptors (Lipinski definition) is 9. The van der Waals surface area contributed by atoms with Gasteiger partial charge in [0.05, 0.1) is 13.2 Å². The molecule has 108 valence electrons. The van der Waals surface area contributed by atoms with Gasteiger partial charge in [0.1, 0.15) is 0 Å². The molecular formula is C10H20N6O2S. The molecule has 0 spiro atoms. The van der Waals surface area contributed by atoms with Gasteiger partial charge in [0.15, 0.2) is 0 Å². The number of aliphatic hydroxyl groups excluding tert-OH is 1. The summed E-state index contributed by atoms with van der Waals surface area (Å²) in [6.07, 6.45) is 1.94. The third-order valence-corrected chi connectivity index (χ3v) is 3.58. The van der Waals surface area contributed by atoms with Crippen molar-refractivity contribution in [2.75, 3.05) is 30.2 Å². The molecule has 0 fully saturated rings. The van der Waals surface area contributed by atoms with Crippen molar-refractivity contribution < 1.29 is 9.84 Å². The number of thioether (sulfide) groups is 1. The average Bonchev–Trinajstić information content (AvgIpc) is 2.40. The van der Waals surface area contributed by atoms with E-state index in [4.69, 9.17) is 10.6 Å². The minimum Gasteiger partial charge on any atom is -0.464 e. The maximum atomic E-state index is 9.24. The lowest BCUT2D eigenvalue weighted by molar-refractivity contribution is 0.288. The lowest BCUT2D eigenvalue weighted by Gasteiger charge is -2.21. The van der Waals surface area contributed by atoms with E-state index in [-0.39, 0.29) is 29.9 Å². The van der Waals surface area contributed by atoms with E-state index < -0.39 is 0 Å². The Morgan fingerprint density at radius 2 is 2.05 bits per heavy atom. The fourth-order valence-corrected chi connectivity index (χ4v) is 2.04. The number of hydrazine groups is 1. The van der Waals surface area contributed by atoms with Gasteiger partial charge in [-0.3, -0.25) is 5.43 Å². The molecule has 9 heteroatoms. The van der Waals surface area contributed by atoms with Gasteiger partial charge in [0.2, 0.25) is 11.9 Å². The Bertz CT molecular complexity index is 390. The summed E-state index contributed by atoms with van der Waals surface area (Å²) < 4.78 is 5.23. The summed E-state index contributed by atoms with van der Waals surface area (Å²) in [5.74, 6) is 5.87. The summed E-state index contributed by atoms with van der Waals surface area (Å²) in [7, 11) is 0. The van der Waals surface area contributed by atoms with Crippen LogP contribution in [-0.2, 0) is 0 Å². The fourth-order valence-electron chi connectivity index (χ4n) is 1.41. The van der Waals surface area contributed by atoms with Crippen molar-refractivity contribution in [3.05, 3.63) is 0 Å². The summed E-state index contributed by atoms with van der Waals surface area (Å²) in [5, 5.41) is 12.4. The number of nitrogens with zero attached hydrogens (tertiary/aromatic N) is 3. The zero-order chi connectivity index (χ0) is 14.3. The number of hydrogen-bond donors (Lipinski definition) is 4. The number of anilines is 2. The highest BCUT2D eigenvalue weighted by Gasteiger charge is 2.17. The predicted octanol–water partition coefficient (Wildman–Crippen LogP) is 0.0802. The van der Waals surface area contributed by atoms with Gasteiger partial charge in [-0.15, -0.1) is 0 Å². The molecule has 0 aliphatic rings. The van der Waals surface area contributed by atoms with Gasteiger partial charge in [-0.25, -0.2) is 5.84 Å². The normalized spacial score (nSPS) is 13.7. The van der Waals surface area contributed by atoms with Gasteiger partial charge in [-0.05, 0) is 20.1 Å². The Labute approximate surface area is 116 Å². The van der Waals surface area contributed by atoms with Crippen LogP contribution in [0.5, 0.6) is 6.01 Å². The number of rotatable bonds is 8. The van der Waals surface area contributed by atoms with Crippen LogP contribution in [0.1, 0.15) is 13.8 Å². The number of nitrogens with one attached hydrogen (secondary N) is 2. The first kappa shape index (κ1) is 15.7. The molecule has 1 heterocycles. The van der Waals surface area contributed by atoms with Crippen molar-refractivity contribution in [1.82, 2.24) is 15.0 Å². The van der Waals surface area contributed by atoms with Gasteiger partial charge >= 0.3 is 6.01 Å². The quantitative estimate of drug-likeness (QED) is 0.389. The van der Waals surface area contributed by atoms with Crippen LogP contribution in [0.4, 0.5) is 11.9 Å². The third-order valence-electron chi connectivity index (χ3n) is 2.41. The standard InChI is InChI=1S/C10H20N6O2S/c1-4-18-10-14-8(13-9(15-10)16-11)12-6(2)7(5-17)19-3/h6-7,17H,4-5,11H2,1-3H3,(H2,12,13,14,15,16). The van der Waals surface area contributed by atoms with Crippen LogP contribution >= 0.6 is 11.8 Å². The number of nitrogen functional groups attached to an aromatic ring is 1. The van der Waals surface area contributed by atoms with E-state index >= 15 is 0 Å². The molecule has 0 radical (unpaired) electrons. The van der Waals surface area contributed by atoms with Crippen LogP contribution in [0, 0.1) is 0 Å². The third kappa shape index (κ3) is 4.69. The number of aliphatic hydroxyl groups is 1. The molecule has 0 saturated heterocycles. The molecule has 19 heavy (non-hydrogen) atoms. The molecule has 8 nitrogen and oxygen atoms in total. The van der Waals surface area contributed by atoms with Crippen LogP contribution < -0.4 is 21.3 Å². The second-order valence-electron chi connectivity index (χ2n) is 3.73. The highest BCUT2D eigenvalue weighted by atomic mass is 32.2. The van der Waals surface area contributed by atoms with Crippen molar-refractivity contribution in [1.29, 1.82) is 0 Å². The summed E-state index contributed by atoms with van der Waals surface area (Å²) in [6.45, 7) is 4.30. The van der Waals surface area contributed by atoms with E-state index in [1.807, 2.05) is 20.1 Å². The fraction of sp³-hybridized carbons (Fsp3) is 0.700. The molecule has 5 N–H and O–H groups in total. The Kier molecular flexibility index (Phi) is 6.60. The van der Waals surface area contributed by atoms with E-state index in [0.29, 0.717) is 12.6 Å². The summed E-state index contributed by atoms with van der Waals surface area (Å²) in [6, 6.07) is 0.187. The van der Waals surface area contributed by atoms with Crippen LogP contribution in [-0.4, -0.2) is 50.8 Å². The van der Waals surface area contributed by atoms with Crippen molar-refractivity contribution in [3.63, 3.8) is 0 Å². The molecule has 0 bridgehead atoms. The van der Waals surface area contributed by atoms with Crippen molar-refractivity contribution in [3.8, 4) is 6.01 Å². The average molecular weight is 288 g/mol. The van der Waals surface area contributed by atoms with Gasteiger partial charge in [-0.1, -0.05) is 0 Å². The van der Waals surface area contributed by atoms with E-state index in [2.05, 4.69) is 25.7 Å². The molecule has 1 rings (SSSR count). The second kappa shape index (κ2) is 7.97. The summed E-state index contributed by atoms with van der Waals surface area (Å²) >= 11 is 1.57. The van der Waals surface area contributed by atoms with Gasteiger partial charge in [0.25, 0.3) is 0 Å². The van der Waals surface area contributed by atoms with E-state index in [9.17, 15) is 5.11 Å². The van der Waals surface area contributed by atoms with Gasteiger partial charge in [-0.2, -0.15) is 26.7 Å². The van der Waals surface area contributed by atoms with Crippen LogP contribution in [0.25, 0.3) is 0 Å². The molecule has 0 saturated carbocycles. The van der Waals surface area contributed by atoms with E-state index in [1.54, 1.807) is 11.8 Å². The Morgan fingerprint density at radius 1 is 1.37 bits per heavy atom. The largest absolute Gasteiger partial charge is 0.464 e. The predicted molar refractivity (Wildman–Crippen MR) is 76.3 cm³/mol. The zero-order valence-corrected chi connectivity index (χ0v) is 12.1. The van der Waals surface area contributed by atoms with Crippen LogP contribution in [0.2, 0.25) is 0 Å². The molecule has 1 aromatic heterocycles. The van der Waals surface area contributed by atoms with E-state index in [1.165, 1.54) is 0 Å². The first-order valence-corrected chi connectivity index (χ1v) is 7.19. The molecule has 0 aliphatic heterocycles. The van der Waals surface area contributed by atoms with Gasteiger partial charge < -0.3 is 15.2 Å². The Morgan fingerprint density at radius 3 is 2.58 bits per heavy atom. The second-order valence-corrected chi connectivity index (χ2v) is 4.81. The van der Waals surface area contributed by atoms with Crippen LogP contribution in [0.3, 0.4) is 0 Å². The van der Waals surface area contributed by atoms with Crippen molar-refractivity contribution in [2.45, 2.75) is 25.1 Å². The molecule has 2 atom stereocenters. The van der Waals surface area contributed by atoms with Crippen LogP contribution in [0.15, 0.2) is 0 Å². The Hall–Kier alpha value is -1.32. The topological polar surface area (TPSA) is 118 Å². The first-order chi connectivity index (χ1) is 9.14. The maximum absolute atomic E-state index is 9.24. The number of nitrogens with two attached hydrogens (primary N) is 1. The first-order valence-electron chi connectivity index (χ1n) is 5.90. The summed E-state index contributed by atoms with van der Waals surface area (Å²) in [5.41, 5.74) is 2.36. The lowest BCUT2D eigenvalue weighted by Crippen LogP contribution is -2.32. The highest BCUT2D eigenvalue weighted by Crippen LogP contribution is 2.16. The maximum Gasteiger partial charge on any atom is 0.323 e. The molecule has 0 aromatic carbocycles. The van der Waals surface area contributed by atoms with Crippen molar-refractivity contribution >= 4 is 23.7 Å². The smallest absolute Gasteiger partial charge is 0.323 e. The molecule has 1 aromatic rings. The van der Waals surface area contributed by atoms with E-state index in [0.717, 1.165) is 0 Å². The zero-order valence-electron chi connectivity index (χ0n) is 11.3. The monoisotopic (exact) mass is 288 g/mol. The molecule has 2 unspecified atom stereocenters. The SMILES string of the molecule is CCOc1nc(NN)nc(NC(C)C(CO)SC)n1. The van der Waals surface area contributed by atoms with Crippen molar-refractivity contribution in [2.24, 2.45) is 5.84 Å². The minimum atomic E-state index is -0.0116. The molecule has 0 amide bonds. The highest BCUT2D eigenvalue weighted by molar-refractivity contribution is 7.99. The Balaban J connectivity index is 2.84. The minimum absolute atomic E-state index is 0.0116. The summed E-state index contributed by atoms with van der Waals surface area (Å²) in [4.78, 5) is 12.2. The number of aromatic nitrogens is 3.